The van der Waals surface area contributed by atoms with Gasteiger partial charge in [-0.15, -0.1) is 0 Å². The second-order valence-electron chi connectivity index (χ2n) is 5.80. The molecule has 0 saturated heterocycles. The molecule has 3 aromatic carbocycles. The standard InChI is InChI=1S/C19H15NO5S/c1-26(24,25)15-8-4-7-14(9-15)18(21)20-17-11-13-6-3-2-5-12(13)10-16(17)19(22)23/h2-11H,1H3,(H,20,21)(H,22,23). The smallest absolute Gasteiger partial charge is 0.337 e. The van der Waals surface area contributed by atoms with E-state index in [1.165, 1.54) is 30.3 Å². The molecule has 0 aliphatic heterocycles. The van der Waals surface area contributed by atoms with Gasteiger partial charge in [-0.2, -0.15) is 0 Å². The highest BCUT2D eigenvalue weighted by Gasteiger charge is 2.16. The first-order valence-electron chi connectivity index (χ1n) is 7.63. The monoisotopic (exact) mass is 369 g/mol. The van der Waals surface area contributed by atoms with Crippen LogP contribution in [-0.2, 0) is 9.84 Å². The van der Waals surface area contributed by atoms with Crippen molar-refractivity contribution in [1.82, 2.24) is 0 Å². The van der Waals surface area contributed by atoms with Crippen LogP contribution in [0, 0.1) is 0 Å². The normalized spacial score (nSPS) is 11.3. The van der Waals surface area contributed by atoms with E-state index in [0.717, 1.165) is 17.0 Å². The summed E-state index contributed by atoms with van der Waals surface area (Å²) < 4.78 is 23.3. The lowest BCUT2D eigenvalue weighted by atomic mass is 10.0. The Bertz CT molecular complexity index is 1140. The summed E-state index contributed by atoms with van der Waals surface area (Å²) in [5, 5.41) is 13.5. The molecular weight excluding hydrogens is 354 g/mol. The lowest BCUT2D eigenvalue weighted by Crippen LogP contribution is -2.15. The fourth-order valence-electron chi connectivity index (χ4n) is 2.58. The number of aromatic carboxylic acids is 1. The largest absolute Gasteiger partial charge is 0.478 e. The van der Waals surface area contributed by atoms with E-state index in [4.69, 9.17) is 0 Å². The van der Waals surface area contributed by atoms with Gasteiger partial charge in [-0.3, -0.25) is 4.79 Å². The molecule has 1 amide bonds. The van der Waals surface area contributed by atoms with E-state index in [2.05, 4.69) is 5.32 Å². The SMILES string of the molecule is CS(=O)(=O)c1cccc(C(=O)Nc2cc3ccccc3cc2C(=O)O)c1. The van der Waals surface area contributed by atoms with Crippen molar-refractivity contribution in [2.45, 2.75) is 4.90 Å². The van der Waals surface area contributed by atoms with Gasteiger partial charge in [-0.25, -0.2) is 13.2 Å². The number of carbonyl (C=O) groups is 2. The van der Waals surface area contributed by atoms with Gasteiger partial charge in [0, 0.05) is 11.8 Å². The second kappa shape index (κ2) is 6.61. The minimum atomic E-state index is -3.46. The van der Waals surface area contributed by atoms with Crippen LogP contribution in [0.5, 0.6) is 0 Å². The lowest BCUT2D eigenvalue weighted by Gasteiger charge is -2.11. The van der Waals surface area contributed by atoms with E-state index in [1.54, 1.807) is 24.3 Å². The zero-order valence-electron chi connectivity index (χ0n) is 13.8. The van der Waals surface area contributed by atoms with Gasteiger partial charge in [0.05, 0.1) is 16.1 Å². The number of rotatable bonds is 4. The van der Waals surface area contributed by atoms with Crippen molar-refractivity contribution in [2.75, 3.05) is 11.6 Å². The highest BCUT2D eigenvalue weighted by Crippen LogP contribution is 2.25. The van der Waals surface area contributed by atoms with Crippen LogP contribution in [0.2, 0.25) is 0 Å². The highest BCUT2D eigenvalue weighted by molar-refractivity contribution is 7.90. The van der Waals surface area contributed by atoms with Crippen molar-refractivity contribution in [3.05, 3.63) is 71.8 Å². The first-order valence-corrected chi connectivity index (χ1v) is 9.52. The van der Waals surface area contributed by atoms with Gasteiger partial charge in [0.15, 0.2) is 9.84 Å². The number of anilines is 1. The van der Waals surface area contributed by atoms with Crippen molar-refractivity contribution < 1.29 is 23.1 Å². The van der Waals surface area contributed by atoms with E-state index in [9.17, 15) is 23.1 Å². The molecule has 0 fully saturated rings. The van der Waals surface area contributed by atoms with E-state index in [0.29, 0.717) is 0 Å². The summed E-state index contributed by atoms with van der Waals surface area (Å²) >= 11 is 0. The van der Waals surface area contributed by atoms with Gasteiger partial charge in [0.1, 0.15) is 0 Å². The molecule has 7 heteroatoms. The lowest BCUT2D eigenvalue weighted by molar-refractivity contribution is 0.0698. The van der Waals surface area contributed by atoms with Crippen LogP contribution in [0.4, 0.5) is 5.69 Å². The molecule has 0 aromatic heterocycles. The first kappa shape index (κ1) is 17.6. The van der Waals surface area contributed by atoms with Crippen LogP contribution in [-0.4, -0.2) is 31.7 Å². The fraction of sp³-hybridized carbons (Fsp3) is 0.0526. The van der Waals surface area contributed by atoms with Crippen LogP contribution in [0.1, 0.15) is 20.7 Å². The average molecular weight is 369 g/mol. The molecule has 0 aliphatic rings. The number of fused-ring (bicyclic) bond motifs is 1. The molecule has 3 aromatic rings. The third kappa shape index (κ3) is 3.57. The molecule has 0 atom stereocenters. The van der Waals surface area contributed by atoms with Crippen LogP contribution in [0.25, 0.3) is 10.8 Å². The van der Waals surface area contributed by atoms with Crippen molar-refractivity contribution >= 4 is 38.2 Å². The van der Waals surface area contributed by atoms with Crippen molar-refractivity contribution in [1.29, 1.82) is 0 Å². The number of carboxylic acid groups (broad SMARTS) is 1. The summed E-state index contributed by atoms with van der Waals surface area (Å²) in [6, 6.07) is 15.8. The molecular formula is C19H15NO5S. The minimum Gasteiger partial charge on any atom is -0.478 e. The quantitative estimate of drug-likeness (QED) is 0.735. The molecule has 3 rings (SSSR count). The zero-order chi connectivity index (χ0) is 18.9. The topological polar surface area (TPSA) is 101 Å². The third-order valence-corrected chi connectivity index (χ3v) is 5.00. The predicted molar refractivity (Wildman–Crippen MR) is 98.4 cm³/mol. The molecule has 0 bridgehead atoms. The number of hydrogen-bond donors (Lipinski definition) is 2. The van der Waals surface area contributed by atoms with Gasteiger partial charge in [0.2, 0.25) is 0 Å². The summed E-state index contributed by atoms with van der Waals surface area (Å²) in [6.07, 6.45) is 1.05. The van der Waals surface area contributed by atoms with Crippen LogP contribution >= 0.6 is 0 Å². The van der Waals surface area contributed by atoms with E-state index in [-0.39, 0.29) is 21.7 Å². The maximum Gasteiger partial charge on any atom is 0.337 e. The molecule has 132 valence electrons. The Labute approximate surface area is 150 Å². The minimum absolute atomic E-state index is 0.0159. The molecule has 0 aliphatic carbocycles. The molecule has 26 heavy (non-hydrogen) atoms. The summed E-state index contributed by atoms with van der Waals surface area (Å²) in [4.78, 5) is 24.1. The zero-order valence-corrected chi connectivity index (χ0v) is 14.6. The maximum absolute atomic E-state index is 12.5. The maximum atomic E-state index is 12.5. The van der Waals surface area contributed by atoms with Crippen LogP contribution in [0.3, 0.4) is 0 Å². The summed E-state index contributed by atoms with van der Waals surface area (Å²) in [5.74, 6) is -1.76. The Morgan fingerprint density at radius 1 is 0.923 bits per heavy atom. The number of benzene rings is 3. The fourth-order valence-corrected chi connectivity index (χ4v) is 3.25. The Kier molecular flexibility index (Phi) is 4.48. The van der Waals surface area contributed by atoms with Crippen LogP contribution < -0.4 is 5.32 Å². The molecule has 0 heterocycles. The Hall–Kier alpha value is -3.19. The molecule has 2 N–H and O–H groups in total. The van der Waals surface area contributed by atoms with Crippen molar-refractivity contribution in [3.63, 3.8) is 0 Å². The first-order chi connectivity index (χ1) is 12.3. The number of amides is 1. The van der Waals surface area contributed by atoms with Gasteiger partial charge in [-0.1, -0.05) is 30.3 Å². The number of carbonyl (C=O) groups excluding carboxylic acids is 1. The van der Waals surface area contributed by atoms with Crippen molar-refractivity contribution in [2.24, 2.45) is 0 Å². The second-order valence-corrected chi connectivity index (χ2v) is 7.82. The van der Waals surface area contributed by atoms with E-state index in [1.807, 2.05) is 6.07 Å². The van der Waals surface area contributed by atoms with Gasteiger partial charge < -0.3 is 10.4 Å². The summed E-state index contributed by atoms with van der Waals surface area (Å²) in [5.41, 5.74) is 0.222. The number of nitrogens with one attached hydrogen (secondary N) is 1. The third-order valence-electron chi connectivity index (χ3n) is 3.89. The molecule has 0 unspecified atom stereocenters. The van der Waals surface area contributed by atoms with E-state index < -0.39 is 21.7 Å². The Balaban J connectivity index is 2.02. The van der Waals surface area contributed by atoms with E-state index >= 15 is 0 Å². The Morgan fingerprint density at radius 3 is 2.19 bits per heavy atom. The predicted octanol–water partition coefficient (Wildman–Crippen LogP) is 3.19. The average Bonchev–Trinajstić information content (AvgIpc) is 2.60. The van der Waals surface area contributed by atoms with Gasteiger partial charge in [-0.05, 0) is 41.1 Å². The molecule has 0 spiro atoms. The van der Waals surface area contributed by atoms with Crippen molar-refractivity contribution in [3.8, 4) is 0 Å². The number of hydrogen-bond acceptors (Lipinski definition) is 4. The van der Waals surface area contributed by atoms with Crippen LogP contribution in [0.15, 0.2) is 65.6 Å². The molecule has 6 nitrogen and oxygen atoms in total. The van der Waals surface area contributed by atoms with Gasteiger partial charge in [0.25, 0.3) is 5.91 Å². The Morgan fingerprint density at radius 2 is 1.58 bits per heavy atom. The van der Waals surface area contributed by atoms with Gasteiger partial charge >= 0.3 is 5.97 Å². The molecule has 0 radical (unpaired) electrons. The number of sulfone groups is 1. The summed E-state index contributed by atoms with van der Waals surface area (Å²) in [7, 11) is -3.46. The summed E-state index contributed by atoms with van der Waals surface area (Å²) in [6.45, 7) is 0. The molecule has 0 saturated carbocycles. The number of carboxylic acids is 1. The highest BCUT2D eigenvalue weighted by atomic mass is 32.2.